The molecular weight excluding hydrogens is 332 g/mol. The van der Waals surface area contributed by atoms with Gasteiger partial charge in [0.05, 0.1) is 12.2 Å². The second-order valence-corrected chi connectivity index (χ2v) is 6.54. The molecule has 0 fully saturated rings. The zero-order chi connectivity index (χ0) is 17.5. The number of carbonyl (C=O) groups excluding carboxylic acids is 1. The summed E-state index contributed by atoms with van der Waals surface area (Å²) in [5, 5.41) is 7.08. The number of nitrogens with one attached hydrogen (secondary N) is 1. The van der Waals surface area contributed by atoms with Gasteiger partial charge in [0.25, 0.3) is 0 Å². The first-order valence-corrected chi connectivity index (χ1v) is 8.96. The Labute approximate surface area is 151 Å². The number of rotatable bonds is 7. The maximum Gasteiger partial charge on any atom is 0.238 e. The van der Waals surface area contributed by atoms with Crippen molar-refractivity contribution in [3.63, 3.8) is 0 Å². The van der Waals surface area contributed by atoms with Crippen molar-refractivity contribution >= 4 is 22.9 Å². The number of amides is 1. The molecule has 3 aromatic rings. The van der Waals surface area contributed by atoms with Crippen LogP contribution < -0.4 is 10.1 Å². The second kappa shape index (κ2) is 8.46. The highest BCUT2D eigenvalue weighted by atomic mass is 32.1. The van der Waals surface area contributed by atoms with E-state index < -0.39 is 0 Å². The van der Waals surface area contributed by atoms with Crippen LogP contribution in [0, 0.1) is 0 Å². The molecule has 1 N–H and O–H groups in total. The fraction of sp³-hybridized carbons (Fsp3) is 0.150. The largest absolute Gasteiger partial charge is 0.455 e. The van der Waals surface area contributed by atoms with E-state index in [0.29, 0.717) is 18.0 Å². The third-order valence-electron chi connectivity index (χ3n) is 3.58. The Morgan fingerprint density at radius 3 is 2.60 bits per heavy atom. The van der Waals surface area contributed by atoms with Crippen LogP contribution in [0.3, 0.4) is 0 Å². The molecule has 0 spiro atoms. The fourth-order valence-corrected chi connectivity index (χ4v) is 3.12. The van der Waals surface area contributed by atoms with Gasteiger partial charge in [-0.05, 0) is 53.7 Å². The van der Waals surface area contributed by atoms with Crippen molar-refractivity contribution in [2.45, 2.75) is 6.54 Å². The van der Waals surface area contributed by atoms with Crippen LogP contribution in [0.25, 0.3) is 0 Å². The SMILES string of the molecule is CN(CC(=O)Nc1ccccc1Oc1ccccc1)Cc1ccsc1. The Bertz CT molecular complexity index is 804. The monoisotopic (exact) mass is 352 g/mol. The highest BCUT2D eigenvalue weighted by Crippen LogP contribution is 2.29. The van der Waals surface area contributed by atoms with Crippen LogP contribution in [0.4, 0.5) is 5.69 Å². The molecule has 0 bridgehead atoms. The smallest absolute Gasteiger partial charge is 0.238 e. The molecule has 0 aliphatic rings. The first-order chi connectivity index (χ1) is 12.2. The molecule has 0 aliphatic carbocycles. The van der Waals surface area contributed by atoms with Crippen molar-refractivity contribution in [1.29, 1.82) is 0 Å². The second-order valence-electron chi connectivity index (χ2n) is 5.76. The molecular formula is C20H20N2O2S. The normalized spacial score (nSPS) is 10.6. The summed E-state index contributed by atoms with van der Waals surface area (Å²) in [6, 6.07) is 19.0. The van der Waals surface area contributed by atoms with Gasteiger partial charge >= 0.3 is 0 Å². The summed E-state index contributed by atoms with van der Waals surface area (Å²) in [6.07, 6.45) is 0. The van der Waals surface area contributed by atoms with Crippen LogP contribution >= 0.6 is 11.3 Å². The quantitative estimate of drug-likeness (QED) is 0.675. The molecule has 2 aromatic carbocycles. The van der Waals surface area contributed by atoms with Crippen LogP contribution in [-0.2, 0) is 11.3 Å². The van der Waals surface area contributed by atoms with Crippen LogP contribution in [-0.4, -0.2) is 24.4 Å². The Kier molecular flexibility index (Phi) is 5.82. The predicted molar refractivity (Wildman–Crippen MR) is 102 cm³/mol. The van der Waals surface area contributed by atoms with E-state index in [-0.39, 0.29) is 5.91 Å². The number of carbonyl (C=O) groups is 1. The molecule has 1 heterocycles. The molecule has 0 saturated carbocycles. The topological polar surface area (TPSA) is 41.6 Å². The summed E-state index contributed by atoms with van der Waals surface area (Å²) >= 11 is 1.66. The molecule has 0 saturated heterocycles. The fourth-order valence-electron chi connectivity index (χ4n) is 2.46. The number of nitrogens with zero attached hydrogens (tertiary/aromatic N) is 1. The van der Waals surface area contributed by atoms with Gasteiger partial charge in [0.1, 0.15) is 5.75 Å². The molecule has 0 atom stereocenters. The third kappa shape index (κ3) is 5.17. The average Bonchev–Trinajstić information content (AvgIpc) is 3.10. The van der Waals surface area contributed by atoms with E-state index in [1.165, 1.54) is 5.56 Å². The van der Waals surface area contributed by atoms with Crippen molar-refractivity contribution in [3.05, 3.63) is 77.0 Å². The number of likely N-dealkylation sites (N-methyl/N-ethyl adjacent to an activating group) is 1. The zero-order valence-electron chi connectivity index (χ0n) is 14.0. The summed E-state index contributed by atoms with van der Waals surface area (Å²) in [5.41, 5.74) is 1.88. The van der Waals surface area contributed by atoms with Crippen molar-refractivity contribution in [2.75, 3.05) is 18.9 Å². The summed E-state index contributed by atoms with van der Waals surface area (Å²) in [4.78, 5) is 14.3. The highest BCUT2D eigenvalue weighted by molar-refractivity contribution is 7.07. The maximum atomic E-state index is 12.4. The molecule has 1 aromatic heterocycles. The van der Waals surface area contributed by atoms with E-state index in [9.17, 15) is 4.79 Å². The average molecular weight is 352 g/mol. The standard InChI is InChI=1S/C20H20N2O2S/c1-22(13-16-11-12-25-15-16)14-20(23)21-18-9-5-6-10-19(18)24-17-7-3-2-4-8-17/h2-12,15H,13-14H2,1H3,(H,21,23). The van der Waals surface area contributed by atoms with Gasteiger partial charge in [-0.2, -0.15) is 11.3 Å². The number of ether oxygens (including phenoxy) is 1. The van der Waals surface area contributed by atoms with Gasteiger partial charge in [-0.1, -0.05) is 30.3 Å². The molecule has 128 valence electrons. The molecule has 25 heavy (non-hydrogen) atoms. The van der Waals surface area contributed by atoms with Gasteiger partial charge in [-0.15, -0.1) is 0 Å². The minimum Gasteiger partial charge on any atom is -0.455 e. The van der Waals surface area contributed by atoms with Gasteiger partial charge < -0.3 is 10.1 Å². The summed E-state index contributed by atoms with van der Waals surface area (Å²) < 4.78 is 5.87. The number of benzene rings is 2. The lowest BCUT2D eigenvalue weighted by atomic mass is 10.2. The first kappa shape index (κ1) is 17.2. The van der Waals surface area contributed by atoms with E-state index in [1.54, 1.807) is 11.3 Å². The van der Waals surface area contributed by atoms with Gasteiger partial charge in [0.15, 0.2) is 5.75 Å². The van der Waals surface area contributed by atoms with E-state index in [1.807, 2.05) is 71.9 Å². The lowest BCUT2D eigenvalue weighted by Gasteiger charge is -2.17. The minimum atomic E-state index is -0.0677. The predicted octanol–water partition coefficient (Wildman–Crippen LogP) is 4.61. The van der Waals surface area contributed by atoms with E-state index in [2.05, 4.69) is 16.8 Å². The van der Waals surface area contributed by atoms with Gasteiger partial charge in [-0.3, -0.25) is 9.69 Å². The number of para-hydroxylation sites is 3. The van der Waals surface area contributed by atoms with Crippen molar-refractivity contribution in [1.82, 2.24) is 4.90 Å². The molecule has 5 heteroatoms. The molecule has 4 nitrogen and oxygen atoms in total. The van der Waals surface area contributed by atoms with Gasteiger partial charge in [0, 0.05) is 6.54 Å². The van der Waals surface area contributed by atoms with Crippen LogP contribution in [0.5, 0.6) is 11.5 Å². The number of hydrogen-bond donors (Lipinski definition) is 1. The summed E-state index contributed by atoms with van der Waals surface area (Å²) in [5.74, 6) is 1.29. The molecule has 0 radical (unpaired) electrons. The number of anilines is 1. The molecule has 3 rings (SSSR count). The molecule has 0 aliphatic heterocycles. The number of thiophene rings is 1. The summed E-state index contributed by atoms with van der Waals surface area (Å²) in [6.45, 7) is 1.06. The third-order valence-corrected chi connectivity index (χ3v) is 4.31. The Morgan fingerprint density at radius 1 is 1.08 bits per heavy atom. The molecule has 1 amide bonds. The Balaban J connectivity index is 1.61. The van der Waals surface area contributed by atoms with E-state index in [0.717, 1.165) is 12.3 Å². The number of hydrogen-bond acceptors (Lipinski definition) is 4. The van der Waals surface area contributed by atoms with Crippen LogP contribution in [0.15, 0.2) is 71.4 Å². The van der Waals surface area contributed by atoms with Gasteiger partial charge in [0.2, 0.25) is 5.91 Å². The highest BCUT2D eigenvalue weighted by Gasteiger charge is 2.11. The van der Waals surface area contributed by atoms with Crippen molar-refractivity contribution in [2.24, 2.45) is 0 Å². The van der Waals surface area contributed by atoms with Gasteiger partial charge in [-0.25, -0.2) is 0 Å². The van der Waals surface area contributed by atoms with E-state index >= 15 is 0 Å². The summed E-state index contributed by atoms with van der Waals surface area (Å²) in [7, 11) is 1.93. The Hall–Kier alpha value is -2.63. The lowest BCUT2D eigenvalue weighted by Crippen LogP contribution is -2.29. The van der Waals surface area contributed by atoms with Crippen molar-refractivity contribution in [3.8, 4) is 11.5 Å². The minimum absolute atomic E-state index is 0.0677. The maximum absolute atomic E-state index is 12.4. The Morgan fingerprint density at radius 2 is 1.84 bits per heavy atom. The van der Waals surface area contributed by atoms with Crippen molar-refractivity contribution < 1.29 is 9.53 Å². The zero-order valence-corrected chi connectivity index (χ0v) is 14.8. The van der Waals surface area contributed by atoms with Crippen LogP contribution in [0.2, 0.25) is 0 Å². The lowest BCUT2D eigenvalue weighted by molar-refractivity contribution is -0.117. The van der Waals surface area contributed by atoms with Crippen LogP contribution in [0.1, 0.15) is 5.56 Å². The van der Waals surface area contributed by atoms with E-state index in [4.69, 9.17) is 4.74 Å². The molecule has 0 unspecified atom stereocenters. The first-order valence-electron chi connectivity index (χ1n) is 8.02.